The Kier molecular flexibility index (Phi) is 13.3. The minimum Gasteiger partial charge on any atom is -0.263 e. The zero-order chi connectivity index (χ0) is 37.0. The molecule has 4 nitrogen and oxygen atoms in total. The monoisotopic (exact) mass is 782 g/mol. The predicted octanol–water partition coefficient (Wildman–Crippen LogP) is 12.4. The summed E-state index contributed by atoms with van der Waals surface area (Å²) in [5, 5.41) is -4.81. The summed E-state index contributed by atoms with van der Waals surface area (Å²) >= 11 is 22.7. The predicted molar refractivity (Wildman–Crippen MR) is 217 cm³/mol. The van der Waals surface area contributed by atoms with Gasteiger partial charge in [0, 0.05) is 38.5 Å². The van der Waals surface area contributed by atoms with Crippen molar-refractivity contribution in [2.24, 2.45) is 0 Å². The molecule has 0 aromatic heterocycles. The van der Waals surface area contributed by atoms with E-state index in [0.29, 0.717) is 0 Å². The number of hydrogen-bond donors (Lipinski definition) is 0. The summed E-state index contributed by atoms with van der Waals surface area (Å²) in [5.74, 6) is 0. The van der Waals surface area contributed by atoms with Crippen molar-refractivity contribution in [3.8, 4) is 0 Å². The van der Waals surface area contributed by atoms with Crippen LogP contribution in [-0.2, 0) is 56.7 Å². The number of phosphoric acid groups is 1. The van der Waals surface area contributed by atoms with Crippen molar-refractivity contribution in [1.29, 1.82) is 0 Å². The van der Waals surface area contributed by atoms with Crippen LogP contribution in [0.5, 0.6) is 0 Å². The lowest BCUT2D eigenvalue weighted by Gasteiger charge is -2.39. The molecule has 8 heteroatoms. The van der Waals surface area contributed by atoms with Gasteiger partial charge in [0.15, 0.2) is 15.2 Å². The molecule has 0 fully saturated rings. The van der Waals surface area contributed by atoms with Crippen LogP contribution in [0.25, 0.3) is 0 Å². The number of hydrogen-bond acceptors (Lipinski definition) is 4. The minimum absolute atomic E-state index is 0.181. The molecule has 0 atom stereocenters. The van der Waals surface area contributed by atoms with Crippen molar-refractivity contribution in [1.82, 2.24) is 0 Å². The number of benzene rings is 6. The lowest BCUT2D eigenvalue weighted by Crippen LogP contribution is -2.38. The van der Waals surface area contributed by atoms with E-state index < -0.39 is 23.0 Å². The third kappa shape index (κ3) is 12.2. The Morgan fingerprint density at radius 3 is 0.623 bits per heavy atom. The first-order valence-electron chi connectivity index (χ1n) is 17.6. The van der Waals surface area contributed by atoms with Gasteiger partial charge in [-0.25, -0.2) is 4.57 Å². The zero-order valence-corrected chi connectivity index (χ0v) is 32.4. The highest BCUT2D eigenvalue weighted by Gasteiger charge is 2.50. The van der Waals surface area contributed by atoms with Gasteiger partial charge in [-0.3, -0.25) is 13.6 Å². The van der Waals surface area contributed by atoms with E-state index >= 15 is 4.57 Å². The molecular weight excluding hydrogens is 742 g/mol. The quantitative estimate of drug-likeness (QED) is 0.0643. The summed E-state index contributed by atoms with van der Waals surface area (Å²) in [6.07, 6.45) is 1.09. The summed E-state index contributed by atoms with van der Waals surface area (Å²) < 4.78 is 35.9. The first-order valence-corrected chi connectivity index (χ1v) is 20.2. The van der Waals surface area contributed by atoms with E-state index in [0.717, 1.165) is 33.4 Å². The van der Waals surface area contributed by atoms with Gasteiger partial charge in [-0.1, -0.05) is 217 Å². The van der Waals surface area contributed by atoms with Gasteiger partial charge in [-0.05, 0) is 33.4 Å². The average molecular weight is 784 g/mol. The second-order valence-electron chi connectivity index (χ2n) is 13.3. The molecule has 272 valence electrons. The van der Waals surface area contributed by atoms with Crippen molar-refractivity contribution >= 4 is 42.6 Å². The average Bonchev–Trinajstić information content (AvgIpc) is 3.13. The van der Waals surface area contributed by atoms with Crippen LogP contribution in [0.2, 0.25) is 0 Å². The highest BCUT2D eigenvalue weighted by Crippen LogP contribution is 2.62. The molecule has 0 saturated carbocycles. The van der Waals surface area contributed by atoms with Gasteiger partial charge < -0.3 is 0 Å². The largest absolute Gasteiger partial charge is 0.480 e. The van der Waals surface area contributed by atoms with Crippen molar-refractivity contribution < 1.29 is 18.1 Å². The fraction of sp³-hybridized carbons (Fsp3) is 0.200. The van der Waals surface area contributed by atoms with Crippen LogP contribution in [0, 0.1) is 0 Å². The molecule has 0 amide bonds. The topological polar surface area (TPSA) is 44.8 Å². The van der Waals surface area contributed by atoms with E-state index in [1.54, 1.807) is 0 Å². The molecule has 53 heavy (non-hydrogen) atoms. The summed E-state index contributed by atoms with van der Waals surface area (Å²) in [5.41, 5.74) is 5.26. The maximum absolute atomic E-state index is 15.9. The van der Waals surface area contributed by atoms with Crippen molar-refractivity contribution in [2.45, 2.75) is 53.7 Å². The van der Waals surface area contributed by atoms with Crippen LogP contribution in [0.3, 0.4) is 0 Å². The van der Waals surface area contributed by atoms with Gasteiger partial charge in [0.25, 0.3) is 0 Å². The highest BCUT2D eigenvalue weighted by atomic mass is 35.5. The van der Waals surface area contributed by atoms with Gasteiger partial charge in [-0.15, -0.1) is 0 Å². The Labute approximate surface area is 328 Å². The van der Waals surface area contributed by atoms with E-state index in [1.807, 2.05) is 182 Å². The first-order chi connectivity index (χ1) is 25.6. The molecule has 0 radical (unpaired) electrons. The smallest absolute Gasteiger partial charge is 0.263 e. The summed E-state index contributed by atoms with van der Waals surface area (Å²) in [6.45, 7) is 0. The third-order valence-electron chi connectivity index (χ3n) is 8.69. The minimum atomic E-state index is -4.80. The summed E-state index contributed by atoms with van der Waals surface area (Å²) in [6, 6.07) is 58.1. The molecule has 6 aromatic rings. The summed E-state index contributed by atoms with van der Waals surface area (Å²) in [7, 11) is -4.80. The van der Waals surface area contributed by atoms with E-state index in [2.05, 4.69) is 0 Å². The maximum Gasteiger partial charge on any atom is 0.480 e. The molecular formula is C45H42Cl3O4P. The molecule has 0 saturated heterocycles. The normalized spacial score (nSPS) is 12.4. The van der Waals surface area contributed by atoms with Gasteiger partial charge in [0.1, 0.15) is 0 Å². The third-order valence-corrected chi connectivity index (χ3v) is 11.8. The molecule has 0 aliphatic heterocycles. The first kappa shape index (κ1) is 39.0. The Morgan fingerprint density at radius 1 is 0.321 bits per heavy atom. The van der Waals surface area contributed by atoms with E-state index in [-0.39, 0.29) is 38.5 Å². The molecule has 0 heterocycles. The highest BCUT2D eigenvalue weighted by molar-refractivity contribution is 7.48. The summed E-state index contributed by atoms with van der Waals surface area (Å²) in [4.78, 5) is 0. The lowest BCUT2D eigenvalue weighted by molar-refractivity contribution is -0.00384. The Bertz CT molecular complexity index is 1660. The van der Waals surface area contributed by atoms with Gasteiger partial charge >= 0.3 is 7.82 Å². The fourth-order valence-electron chi connectivity index (χ4n) is 6.44. The molecule has 6 aromatic carbocycles. The van der Waals surface area contributed by atoms with Crippen LogP contribution in [-0.4, -0.2) is 15.2 Å². The van der Waals surface area contributed by atoms with Gasteiger partial charge in [0.2, 0.25) is 0 Å². The number of alkyl halides is 3. The van der Waals surface area contributed by atoms with Crippen molar-refractivity contribution in [3.63, 3.8) is 0 Å². The lowest BCUT2D eigenvalue weighted by atomic mass is 10.0. The SMILES string of the molecule is O=P(OC(Cl)(Cc1ccccc1)Cc1ccccc1)(OC(Cl)(Cc1ccccc1)Cc1ccccc1)OC(Cl)(Cc1ccccc1)Cc1ccccc1. The van der Waals surface area contributed by atoms with Crippen LogP contribution >= 0.6 is 42.6 Å². The molecule has 6 rings (SSSR count). The van der Waals surface area contributed by atoms with Crippen molar-refractivity contribution in [2.75, 3.05) is 0 Å². The van der Waals surface area contributed by atoms with Crippen LogP contribution in [0.1, 0.15) is 33.4 Å². The molecule has 0 aliphatic rings. The van der Waals surface area contributed by atoms with Crippen LogP contribution in [0.15, 0.2) is 182 Å². The fourth-order valence-corrected chi connectivity index (χ4v) is 9.83. The van der Waals surface area contributed by atoms with E-state index in [4.69, 9.17) is 48.4 Å². The second-order valence-corrected chi connectivity index (χ2v) is 16.9. The number of phosphoric ester groups is 1. The number of rotatable bonds is 18. The Balaban J connectivity index is 1.46. The van der Waals surface area contributed by atoms with Crippen LogP contribution in [0.4, 0.5) is 0 Å². The molecule has 0 spiro atoms. The Hall–Kier alpha value is -3.70. The van der Waals surface area contributed by atoms with E-state index in [9.17, 15) is 0 Å². The Morgan fingerprint density at radius 2 is 0.472 bits per heavy atom. The molecule has 0 aliphatic carbocycles. The second kappa shape index (κ2) is 18.1. The van der Waals surface area contributed by atoms with Crippen LogP contribution < -0.4 is 0 Å². The molecule has 0 bridgehead atoms. The van der Waals surface area contributed by atoms with Gasteiger partial charge in [0.05, 0.1) is 0 Å². The van der Waals surface area contributed by atoms with Crippen molar-refractivity contribution in [3.05, 3.63) is 215 Å². The van der Waals surface area contributed by atoms with E-state index in [1.165, 1.54) is 0 Å². The van der Waals surface area contributed by atoms with Gasteiger partial charge in [-0.2, -0.15) is 0 Å². The molecule has 0 N–H and O–H groups in total. The maximum atomic E-state index is 15.9. The standard InChI is InChI=1S/C45H42Cl3O4P/c46-43(31-37-19-7-1-8-20-37,32-38-21-9-2-10-22-38)50-53(49,51-44(47,33-39-23-11-3-12-24-39)34-40-25-13-4-14-26-40)52-45(48,35-41-27-15-5-16-28-41)36-42-29-17-6-18-30-42/h1-30H,31-36H2. The zero-order valence-electron chi connectivity index (χ0n) is 29.3. The number of halogens is 3. The molecule has 0 unspecified atom stereocenters.